The van der Waals surface area contributed by atoms with Crippen LogP contribution in [-0.2, 0) is 4.74 Å². The Labute approximate surface area is 120 Å². The monoisotopic (exact) mass is 273 g/mol. The number of likely N-dealkylation sites (N-methyl/N-ethyl adjacent to an activating group) is 1. The van der Waals surface area contributed by atoms with Crippen LogP contribution in [0.3, 0.4) is 0 Å². The first-order valence-corrected chi connectivity index (χ1v) is 6.99. The van der Waals surface area contributed by atoms with E-state index in [0.717, 1.165) is 28.8 Å². The van der Waals surface area contributed by atoms with E-state index in [1.54, 1.807) is 7.11 Å². The van der Waals surface area contributed by atoms with Gasteiger partial charge in [-0.2, -0.15) is 0 Å². The summed E-state index contributed by atoms with van der Waals surface area (Å²) in [7, 11) is 1.73. The minimum Gasteiger partial charge on any atom is -0.399 e. The summed E-state index contributed by atoms with van der Waals surface area (Å²) in [5.41, 5.74) is 9.87. The van der Waals surface area contributed by atoms with Crippen molar-refractivity contribution in [2.24, 2.45) is 0 Å². The van der Waals surface area contributed by atoms with Crippen LogP contribution in [0.25, 0.3) is 10.9 Å². The Morgan fingerprint density at radius 1 is 1.35 bits per heavy atom. The molecule has 0 aliphatic rings. The molecular weight excluding hydrogens is 250 g/mol. The number of nitrogens with two attached hydrogens (primary N) is 1. The van der Waals surface area contributed by atoms with Crippen molar-refractivity contribution in [2.75, 3.05) is 30.9 Å². The second kappa shape index (κ2) is 6.09. The van der Waals surface area contributed by atoms with Gasteiger partial charge in [0, 0.05) is 42.2 Å². The molecule has 1 unspecified atom stereocenters. The van der Waals surface area contributed by atoms with Crippen LogP contribution < -0.4 is 10.6 Å². The summed E-state index contributed by atoms with van der Waals surface area (Å²) >= 11 is 0. The molecule has 0 saturated carbocycles. The van der Waals surface area contributed by atoms with Crippen LogP contribution >= 0.6 is 0 Å². The van der Waals surface area contributed by atoms with Crippen LogP contribution in [0, 0.1) is 6.92 Å². The van der Waals surface area contributed by atoms with Crippen LogP contribution in [-0.4, -0.2) is 31.3 Å². The van der Waals surface area contributed by atoms with Gasteiger partial charge in [-0.1, -0.05) is 0 Å². The van der Waals surface area contributed by atoms with Crippen LogP contribution in [0.15, 0.2) is 24.3 Å². The van der Waals surface area contributed by atoms with Crippen molar-refractivity contribution in [1.29, 1.82) is 0 Å². The lowest BCUT2D eigenvalue weighted by Gasteiger charge is -2.31. The maximum absolute atomic E-state index is 5.94. The zero-order valence-electron chi connectivity index (χ0n) is 12.7. The second-order valence-electron chi connectivity index (χ2n) is 5.15. The molecule has 1 aromatic carbocycles. The third kappa shape index (κ3) is 2.85. The molecule has 108 valence electrons. The lowest BCUT2D eigenvalue weighted by atomic mass is 10.1. The third-order valence-electron chi connectivity index (χ3n) is 3.53. The molecule has 0 amide bonds. The molecule has 2 rings (SSSR count). The highest BCUT2D eigenvalue weighted by Crippen LogP contribution is 2.29. The number of rotatable bonds is 5. The third-order valence-corrected chi connectivity index (χ3v) is 3.53. The average molecular weight is 273 g/mol. The first-order valence-electron chi connectivity index (χ1n) is 6.99. The van der Waals surface area contributed by atoms with Gasteiger partial charge in [0.15, 0.2) is 0 Å². The second-order valence-corrected chi connectivity index (χ2v) is 5.15. The average Bonchev–Trinajstić information content (AvgIpc) is 2.40. The van der Waals surface area contributed by atoms with E-state index in [2.05, 4.69) is 29.8 Å². The molecule has 1 heterocycles. The summed E-state index contributed by atoms with van der Waals surface area (Å²) in [4.78, 5) is 6.92. The Kier molecular flexibility index (Phi) is 4.45. The zero-order chi connectivity index (χ0) is 14.7. The van der Waals surface area contributed by atoms with Gasteiger partial charge in [-0.05, 0) is 45.0 Å². The molecular formula is C16H23N3O. The zero-order valence-corrected chi connectivity index (χ0v) is 12.7. The summed E-state index contributed by atoms with van der Waals surface area (Å²) < 4.78 is 5.29. The fraction of sp³-hybridized carbons (Fsp3) is 0.438. The van der Waals surface area contributed by atoms with Gasteiger partial charge in [0.2, 0.25) is 0 Å². The predicted molar refractivity (Wildman–Crippen MR) is 85.3 cm³/mol. The van der Waals surface area contributed by atoms with Crippen molar-refractivity contribution < 1.29 is 4.74 Å². The highest BCUT2D eigenvalue weighted by molar-refractivity contribution is 5.94. The molecule has 0 radical (unpaired) electrons. The number of aryl methyl sites for hydroxylation is 1. The van der Waals surface area contributed by atoms with Gasteiger partial charge >= 0.3 is 0 Å². The Balaban J connectivity index is 2.58. The molecule has 1 aromatic heterocycles. The Morgan fingerprint density at radius 2 is 2.10 bits per heavy atom. The van der Waals surface area contributed by atoms with E-state index in [1.807, 2.05) is 25.1 Å². The van der Waals surface area contributed by atoms with Gasteiger partial charge in [0.1, 0.15) is 0 Å². The number of hydrogen-bond acceptors (Lipinski definition) is 4. The van der Waals surface area contributed by atoms with Crippen molar-refractivity contribution in [3.05, 3.63) is 30.0 Å². The maximum Gasteiger partial charge on any atom is 0.0727 e. The molecule has 0 aliphatic heterocycles. The summed E-state index contributed by atoms with van der Waals surface area (Å²) in [6.07, 6.45) is 0. The Morgan fingerprint density at radius 3 is 2.75 bits per heavy atom. The maximum atomic E-state index is 5.94. The topological polar surface area (TPSA) is 51.4 Å². The summed E-state index contributed by atoms with van der Waals surface area (Å²) in [6.45, 7) is 7.95. The lowest BCUT2D eigenvalue weighted by molar-refractivity contribution is 0.182. The molecule has 4 heteroatoms. The van der Waals surface area contributed by atoms with Crippen molar-refractivity contribution in [3.63, 3.8) is 0 Å². The fourth-order valence-electron chi connectivity index (χ4n) is 2.64. The van der Waals surface area contributed by atoms with E-state index in [0.29, 0.717) is 12.6 Å². The minimum atomic E-state index is 0.302. The number of fused-ring (bicyclic) bond motifs is 1. The van der Waals surface area contributed by atoms with Crippen LogP contribution in [0.2, 0.25) is 0 Å². The van der Waals surface area contributed by atoms with Crippen LogP contribution in [0.1, 0.15) is 19.5 Å². The number of ether oxygens (including phenoxy) is 1. The number of nitrogen functional groups attached to an aromatic ring is 1. The highest BCUT2D eigenvalue weighted by atomic mass is 16.5. The first-order chi connectivity index (χ1) is 9.56. The SMILES string of the molecule is CCN(c1cc(C)nc2ccc(N)cc12)C(C)COC. The van der Waals surface area contributed by atoms with E-state index >= 15 is 0 Å². The van der Waals surface area contributed by atoms with Gasteiger partial charge in [-0.15, -0.1) is 0 Å². The molecule has 0 fully saturated rings. The molecule has 20 heavy (non-hydrogen) atoms. The number of aromatic nitrogens is 1. The summed E-state index contributed by atoms with van der Waals surface area (Å²) in [5.74, 6) is 0. The molecule has 0 saturated heterocycles. The largest absolute Gasteiger partial charge is 0.399 e. The number of anilines is 2. The van der Waals surface area contributed by atoms with E-state index in [4.69, 9.17) is 10.5 Å². The van der Waals surface area contributed by atoms with Gasteiger partial charge in [-0.25, -0.2) is 0 Å². The molecule has 1 atom stereocenters. The smallest absolute Gasteiger partial charge is 0.0727 e. The van der Waals surface area contributed by atoms with Crippen molar-refractivity contribution in [3.8, 4) is 0 Å². The van der Waals surface area contributed by atoms with Crippen LogP contribution in [0.4, 0.5) is 11.4 Å². The summed E-state index contributed by atoms with van der Waals surface area (Å²) in [5, 5.41) is 1.10. The van der Waals surface area contributed by atoms with Gasteiger partial charge < -0.3 is 15.4 Å². The molecule has 2 N–H and O–H groups in total. The van der Waals surface area contributed by atoms with Gasteiger partial charge in [0.05, 0.1) is 12.1 Å². The molecule has 4 nitrogen and oxygen atoms in total. The number of benzene rings is 1. The molecule has 2 aromatic rings. The molecule has 0 aliphatic carbocycles. The Bertz CT molecular complexity index is 598. The standard InChI is InChI=1S/C16H23N3O/c1-5-19(12(3)10-20-4)16-8-11(2)18-15-7-6-13(17)9-14(15)16/h6-9,12H,5,10,17H2,1-4H3. The quantitative estimate of drug-likeness (QED) is 0.851. The Hall–Kier alpha value is -1.81. The lowest BCUT2D eigenvalue weighted by Crippen LogP contribution is -2.36. The number of hydrogen-bond donors (Lipinski definition) is 1. The van der Waals surface area contributed by atoms with Gasteiger partial charge in [0.25, 0.3) is 0 Å². The number of methoxy groups -OCH3 is 1. The summed E-state index contributed by atoms with van der Waals surface area (Å²) in [6, 6.07) is 8.30. The van der Waals surface area contributed by atoms with Crippen molar-refractivity contribution in [1.82, 2.24) is 4.98 Å². The van der Waals surface area contributed by atoms with Crippen molar-refractivity contribution in [2.45, 2.75) is 26.8 Å². The fourth-order valence-corrected chi connectivity index (χ4v) is 2.64. The van der Waals surface area contributed by atoms with Gasteiger partial charge in [-0.3, -0.25) is 4.98 Å². The first kappa shape index (κ1) is 14.6. The minimum absolute atomic E-state index is 0.302. The number of nitrogens with zero attached hydrogens (tertiary/aromatic N) is 2. The van der Waals surface area contributed by atoms with E-state index < -0.39 is 0 Å². The van der Waals surface area contributed by atoms with Crippen LogP contribution in [0.5, 0.6) is 0 Å². The van der Waals surface area contributed by atoms with E-state index in [-0.39, 0.29) is 0 Å². The molecule has 0 bridgehead atoms. The van der Waals surface area contributed by atoms with Crippen molar-refractivity contribution >= 4 is 22.3 Å². The van der Waals surface area contributed by atoms with E-state index in [1.165, 1.54) is 5.69 Å². The predicted octanol–water partition coefficient (Wildman–Crippen LogP) is 2.99. The molecule has 0 spiro atoms. The number of pyridine rings is 1. The normalized spacial score (nSPS) is 12.6. The highest BCUT2D eigenvalue weighted by Gasteiger charge is 2.16. The van der Waals surface area contributed by atoms with E-state index in [9.17, 15) is 0 Å².